The Morgan fingerprint density at radius 1 is 1.52 bits per heavy atom. The molecule has 106 valence electrons. The second-order valence-electron chi connectivity index (χ2n) is 4.29. The Morgan fingerprint density at radius 2 is 2.33 bits per heavy atom. The van der Waals surface area contributed by atoms with Gasteiger partial charge >= 0.3 is 0 Å². The number of rotatable bonds is 3. The molecule has 0 fully saturated rings. The van der Waals surface area contributed by atoms with Crippen LogP contribution in [-0.2, 0) is 11.4 Å². The normalized spacial score (nSPS) is 12.3. The number of hydrogen-bond donors (Lipinski definition) is 2. The molecule has 2 aromatic heterocycles. The first kappa shape index (κ1) is 14.2. The van der Waals surface area contributed by atoms with E-state index >= 15 is 0 Å². The summed E-state index contributed by atoms with van der Waals surface area (Å²) in [5.41, 5.74) is 1.24. The standard InChI is InChI=1S/C13H9ClN4OS2/c1-7-10(5-15)13(17-20-7)18-21(19)12-6-16-11-4-8(14)2-3-9(11)12/h2-4,6,16H,1H3,(H,17,18). The second kappa shape index (κ2) is 5.58. The summed E-state index contributed by atoms with van der Waals surface area (Å²) >= 11 is 5.61. The van der Waals surface area contributed by atoms with Crippen molar-refractivity contribution in [3.8, 4) is 6.07 Å². The van der Waals surface area contributed by atoms with Crippen molar-refractivity contribution < 1.29 is 4.55 Å². The van der Waals surface area contributed by atoms with Gasteiger partial charge in [-0.25, -0.2) is 0 Å². The molecule has 21 heavy (non-hydrogen) atoms. The largest absolute Gasteiger partial charge is 0.588 e. The average molecular weight is 337 g/mol. The molecule has 0 aliphatic carbocycles. The minimum atomic E-state index is -1.51. The van der Waals surface area contributed by atoms with Crippen LogP contribution in [-0.4, -0.2) is 13.9 Å². The lowest BCUT2D eigenvalue weighted by molar-refractivity contribution is 0.601. The van der Waals surface area contributed by atoms with E-state index in [1.54, 1.807) is 31.3 Å². The summed E-state index contributed by atoms with van der Waals surface area (Å²) in [6, 6.07) is 7.38. The van der Waals surface area contributed by atoms with Crippen molar-refractivity contribution in [2.24, 2.45) is 0 Å². The molecule has 0 radical (unpaired) electrons. The van der Waals surface area contributed by atoms with Crippen LogP contribution >= 0.6 is 23.1 Å². The Balaban J connectivity index is 1.94. The van der Waals surface area contributed by atoms with Crippen molar-refractivity contribution >= 4 is 51.2 Å². The second-order valence-corrected chi connectivity index (χ2v) is 6.88. The van der Waals surface area contributed by atoms with E-state index in [-0.39, 0.29) is 0 Å². The molecule has 3 rings (SSSR count). The van der Waals surface area contributed by atoms with Crippen LogP contribution in [0, 0.1) is 18.3 Å². The highest BCUT2D eigenvalue weighted by Gasteiger charge is 2.21. The predicted octanol–water partition coefficient (Wildman–Crippen LogP) is 3.59. The number of aryl methyl sites for hydroxylation is 1. The van der Waals surface area contributed by atoms with Gasteiger partial charge in [0.05, 0.1) is 17.1 Å². The van der Waals surface area contributed by atoms with Crippen molar-refractivity contribution in [1.29, 1.82) is 5.26 Å². The van der Waals surface area contributed by atoms with Gasteiger partial charge in [-0.2, -0.15) is 14.4 Å². The fourth-order valence-corrected chi connectivity index (χ4v) is 3.75. The number of anilines is 1. The van der Waals surface area contributed by atoms with Crippen molar-refractivity contribution in [2.45, 2.75) is 11.8 Å². The predicted molar refractivity (Wildman–Crippen MR) is 84.9 cm³/mol. The minimum Gasteiger partial charge on any atom is -0.588 e. The highest BCUT2D eigenvalue weighted by Crippen LogP contribution is 2.28. The van der Waals surface area contributed by atoms with Gasteiger partial charge in [0.1, 0.15) is 23.0 Å². The van der Waals surface area contributed by atoms with E-state index in [9.17, 15) is 4.55 Å². The number of fused-ring (bicyclic) bond motifs is 1. The first-order chi connectivity index (χ1) is 10.1. The lowest BCUT2D eigenvalue weighted by atomic mass is 10.2. The first-order valence-corrected chi connectivity index (χ1v) is 8.21. The fourth-order valence-electron chi connectivity index (χ4n) is 1.94. The van der Waals surface area contributed by atoms with Crippen molar-refractivity contribution in [2.75, 3.05) is 4.72 Å². The molecule has 0 spiro atoms. The lowest BCUT2D eigenvalue weighted by Gasteiger charge is -2.08. The van der Waals surface area contributed by atoms with Crippen molar-refractivity contribution in [1.82, 2.24) is 9.36 Å². The van der Waals surface area contributed by atoms with Crippen LogP contribution in [0.5, 0.6) is 0 Å². The third kappa shape index (κ3) is 2.59. The van der Waals surface area contributed by atoms with Crippen molar-refractivity contribution in [3.05, 3.63) is 39.9 Å². The number of nitriles is 1. The molecule has 2 heterocycles. The van der Waals surface area contributed by atoms with Gasteiger partial charge in [-0.1, -0.05) is 11.6 Å². The zero-order chi connectivity index (χ0) is 15.0. The molecule has 5 nitrogen and oxygen atoms in total. The van der Waals surface area contributed by atoms with Crippen molar-refractivity contribution in [3.63, 3.8) is 0 Å². The molecular weight excluding hydrogens is 328 g/mol. The van der Waals surface area contributed by atoms with E-state index in [0.29, 0.717) is 21.3 Å². The molecule has 0 saturated carbocycles. The van der Waals surface area contributed by atoms with E-state index in [2.05, 4.69) is 20.1 Å². The summed E-state index contributed by atoms with van der Waals surface area (Å²) < 4.78 is 19.4. The summed E-state index contributed by atoms with van der Waals surface area (Å²) in [5, 5.41) is 10.5. The zero-order valence-electron chi connectivity index (χ0n) is 10.8. The molecule has 8 heteroatoms. The fraction of sp³-hybridized carbons (Fsp3) is 0.0769. The van der Waals surface area contributed by atoms with Gasteiger partial charge in [0, 0.05) is 9.90 Å². The lowest BCUT2D eigenvalue weighted by Crippen LogP contribution is -2.13. The van der Waals surface area contributed by atoms with Gasteiger partial charge in [-0.15, -0.1) is 0 Å². The Labute approximate surface area is 133 Å². The first-order valence-electron chi connectivity index (χ1n) is 5.91. The number of aromatic amines is 1. The SMILES string of the molecule is Cc1snc(N[S+]([O-])c2c[nH]c3cc(Cl)ccc23)c1C#N. The van der Waals surface area contributed by atoms with Crippen LogP contribution in [0.15, 0.2) is 29.3 Å². The van der Waals surface area contributed by atoms with Gasteiger partial charge in [0.25, 0.3) is 0 Å². The van der Waals surface area contributed by atoms with Gasteiger partial charge in [0.15, 0.2) is 0 Å². The number of nitrogens with one attached hydrogen (secondary N) is 2. The van der Waals surface area contributed by atoms with E-state index < -0.39 is 11.4 Å². The third-order valence-corrected chi connectivity index (χ3v) is 5.07. The van der Waals surface area contributed by atoms with Crippen LogP contribution < -0.4 is 4.72 Å². The molecule has 3 aromatic rings. The summed E-state index contributed by atoms with van der Waals surface area (Å²) in [4.78, 5) is 4.42. The van der Waals surface area contributed by atoms with E-state index in [4.69, 9.17) is 16.9 Å². The number of H-pyrrole nitrogens is 1. The topological polar surface area (TPSA) is 87.6 Å². The maximum absolute atomic E-state index is 12.5. The summed E-state index contributed by atoms with van der Waals surface area (Å²) in [7, 11) is 0. The molecule has 0 amide bonds. The van der Waals surface area contributed by atoms with Gasteiger partial charge in [0.2, 0.25) is 10.7 Å². The molecule has 1 unspecified atom stereocenters. The van der Waals surface area contributed by atoms with E-state index in [1.165, 1.54) is 11.5 Å². The van der Waals surface area contributed by atoms with E-state index in [1.807, 2.05) is 0 Å². The van der Waals surface area contributed by atoms with Gasteiger partial charge < -0.3 is 9.54 Å². The van der Waals surface area contributed by atoms with Gasteiger partial charge in [-0.3, -0.25) is 0 Å². The Bertz CT molecular complexity index is 852. The number of hydrogen-bond acceptors (Lipinski definition) is 5. The number of aromatic nitrogens is 2. The maximum Gasteiger partial charge on any atom is 0.205 e. The highest BCUT2D eigenvalue weighted by molar-refractivity contribution is 7.93. The van der Waals surface area contributed by atoms with Crippen LogP contribution in [0.3, 0.4) is 0 Å². The average Bonchev–Trinajstić information content (AvgIpc) is 3.02. The Kier molecular flexibility index (Phi) is 3.78. The molecule has 0 bridgehead atoms. The number of halogens is 1. The molecule has 0 aliphatic heterocycles. The maximum atomic E-state index is 12.5. The smallest absolute Gasteiger partial charge is 0.205 e. The molecule has 0 aliphatic rings. The quantitative estimate of drug-likeness (QED) is 0.715. The minimum absolute atomic E-state index is 0.349. The van der Waals surface area contributed by atoms with Crippen LogP contribution in [0.1, 0.15) is 10.4 Å². The summed E-state index contributed by atoms with van der Waals surface area (Å²) in [6.07, 6.45) is 1.66. The molecule has 1 atom stereocenters. The van der Waals surface area contributed by atoms with E-state index in [0.717, 1.165) is 15.8 Å². The molecule has 1 aromatic carbocycles. The number of benzene rings is 1. The summed E-state index contributed by atoms with van der Waals surface area (Å²) in [5.74, 6) is 0.349. The summed E-state index contributed by atoms with van der Waals surface area (Å²) in [6.45, 7) is 1.80. The zero-order valence-corrected chi connectivity index (χ0v) is 13.2. The highest BCUT2D eigenvalue weighted by atomic mass is 35.5. The Morgan fingerprint density at radius 3 is 3.10 bits per heavy atom. The molecule has 2 N–H and O–H groups in total. The van der Waals surface area contributed by atoms with Gasteiger partial charge in [-0.05, 0) is 36.7 Å². The monoisotopic (exact) mass is 336 g/mol. The van der Waals surface area contributed by atoms with Crippen LogP contribution in [0.4, 0.5) is 5.82 Å². The number of nitrogens with zero attached hydrogens (tertiary/aromatic N) is 2. The van der Waals surface area contributed by atoms with Crippen LogP contribution in [0.25, 0.3) is 10.9 Å². The molecular formula is C13H9ClN4OS2. The van der Waals surface area contributed by atoms with Crippen LogP contribution in [0.2, 0.25) is 5.02 Å². The third-order valence-electron chi connectivity index (χ3n) is 2.97. The Hall–Kier alpha value is -1.72. The molecule has 0 saturated heterocycles.